The molecule has 0 fully saturated rings. The summed E-state index contributed by atoms with van der Waals surface area (Å²) in [6, 6.07) is 3.19. The van der Waals surface area contributed by atoms with Gasteiger partial charge in [-0.2, -0.15) is 0 Å². The summed E-state index contributed by atoms with van der Waals surface area (Å²) in [5.74, 6) is 0.102. The number of nitrogens with one attached hydrogen (secondary N) is 2. The van der Waals surface area contributed by atoms with Crippen LogP contribution in [0.1, 0.15) is 31.1 Å². The van der Waals surface area contributed by atoms with Gasteiger partial charge in [-0.15, -0.1) is 0 Å². The molecule has 1 aromatic carbocycles. The van der Waals surface area contributed by atoms with E-state index in [9.17, 15) is 4.79 Å². The maximum absolute atomic E-state index is 11.8. The zero-order valence-corrected chi connectivity index (χ0v) is 12.0. The van der Waals surface area contributed by atoms with Gasteiger partial charge in [-0.1, -0.05) is 23.2 Å². The Kier molecular flexibility index (Phi) is 5.72. The number of carbonyl (C=O) groups is 1. The Morgan fingerprint density at radius 2 is 1.89 bits per heavy atom. The topological polar surface area (TPSA) is 50.4 Å². The smallest absolute Gasteiger partial charge is 0.265 e. The summed E-state index contributed by atoms with van der Waals surface area (Å²) >= 11 is 12.0. The van der Waals surface area contributed by atoms with E-state index in [4.69, 9.17) is 27.9 Å². The number of halogens is 2. The molecule has 0 heterocycles. The van der Waals surface area contributed by atoms with Gasteiger partial charge >= 0.3 is 0 Å². The third-order valence-electron chi connectivity index (χ3n) is 2.02. The molecule has 0 radical (unpaired) electrons. The fourth-order valence-corrected chi connectivity index (χ4v) is 1.85. The molecule has 0 aliphatic rings. The molecular formula is C12H16Cl2N2O2. The quantitative estimate of drug-likeness (QED) is 0.820. The van der Waals surface area contributed by atoms with E-state index in [-0.39, 0.29) is 11.9 Å². The highest BCUT2D eigenvalue weighted by Crippen LogP contribution is 2.34. The van der Waals surface area contributed by atoms with Gasteiger partial charge in [0.05, 0.1) is 16.7 Å². The number of hydrazine groups is 1. The Hall–Kier alpha value is -0.970. The lowest BCUT2D eigenvalue weighted by molar-refractivity contribution is 0.0927. The Balaban J connectivity index is 2.88. The number of hydrogen-bond donors (Lipinski definition) is 2. The third-order valence-corrected chi connectivity index (χ3v) is 2.59. The number of hydrogen-bond acceptors (Lipinski definition) is 3. The van der Waals surface area contributed by atoms with Crippen molar-refractivity contribution < 1.29 is 9.53 Å². The van der Waals surface area contributed by atoms with Gasteiger partial charge in [0.1, 0.15) is 0 Å². The minimum atomic E-state index is -0.296. The van der Waals surface area contributed by atoms with E-state index in [1.807, 2.05) is 20.8 Å². The standard InChI is InChI=1S/C12H16Cl2N2O2/c1-4-18-11-9(13)5-8(6-10(11)14)12(17)16-15-7(2)3/h5-7,15H,4H2,1-3H3,(H,16,17). The van der Waals surface area contributed by atoms with Crippen molar-refractivity contribution in [2.75, 3.05) is 6.61 Å². The molecule has 100 valence electrons. The normalized spacial score (nSPS) is 10.6. The Morgan fingerprint density at radius 1 is 1.33 bits per heavy atom. The lowest BCUT2D eigenvalue weighted by atomic mass is 10.2. The lowest BCUT2D eigenvalue weighted by Gasteiger charge is -2.12. The second kappa shape index (κ2) is 6.83. The van der Waals surface area contributed by atoms with Crippen LogP contribution in [0.15, 0.2) is 12.1 Å². The van der Waals surface area contributed by atoms with Crippen LogP contribution in [-0.4, -0.2) is 18.6 Å². The number of carbonyl (C=O) groups excluding carboxylic acids is 1. The van der Waals surface area contributed by atoms with Crippen molar-refractivity contribution in [3.05, 3.63) is 27.7 Å². The molecule has 0 aliphatic carbocycles. The third kappa shape index (κ3) is 4.05. The van der Waals surface area contributed by atoms with Crippen molar-refractivity contribution in [2.45, 2.75) is 26.8 Å². The van der Waals surface area contributed by atoms with Crippen molar-refractivity contribution in [3.8, 4) is 5.75 Å². The van der Waals surface area contributed by atoms with E-state index >= 15 is 0 Å². The van der Waals surface area contributed by atoms with Gasteiger partial charge in [0.2, 0.25) is 0 Å². The lowest BCUT2D eigenvalue weighted by Crippen LogP contribution is -2.41. The van der Waals surface area contributed by atoms with Crippen molar-refractivity contribution >= 4 is 29.1 Å². The summed E-state index contributed by atoms with van der Waals surface area (Å²) in [5.41, 5.74) is 5.74. The van der Waals surface area contributed by atoms with Crippen LogP contribution in [0.3, 0.4) is 0 Å². The minimum absolute atomic E-state index is 0.141. The average molecular weight is 291 g/mol. The van der Waals surface area contributed by atoms with Gasteiger partial charge < -0.3 is 4.74 Å². The van der Waals surface area contributed by atoms with Gasteiger partial charge in [0.15, 0.2) is 5.75 Å². The number of rotatable bonds is 5. The molecule has 1 aromatic rings. The predicted octanol–water partition coefficient (Wildman–Crippen LogP) is 3.03. The first-order chi connectivity index (χ1) is 8.45. The number of benzene rings is 1. The van der Waals surface area contributed by atoms with Crippen LogP contribution >= 0.6 is 23.2 Å². The van der Waals surface area contributed by atoms with Crippen molar-refractivity contribution in [1.29, 1.82) is 0 Å². The second-order valence-electron chi connectivity index (χ2n) is 3.96. The number of ether oxygens (including phenoxy) is 1. The van der Waals surface area contributed by atoms with Crippen LogP contribution in [-0.2, 0) is 0 Å². The first kappa shape index (κ1) is 15.1. The molecule has 0 saturated heterocycles. The molecule has 2 N–H and O–H groups in total. The van der Waals surface area contributed by atoms with Crippen molar-refractivity contribution in [1.82, 2.24) is 10.9 Å². The summed E-state index contributed by atoms with van der Waals surface area (Å²) in [6.07, 6.45) is 0. The van der Waals surface area contributed by atoms with Gasteiger partial charge in [-0.3, -0.25) is 10.2 Å². The summed E-state index contributed by atoms with van der Waals surface area (Å²) < 4.78 is 5.29. The van der Waals surface area contributed by atoms with Crippen LogP contribution in [0.4, 0.5) is 0 Å². The summed E-state index contributed by atoms with van der Waals surface area (Å²) in [4.78, 5) is 11.8. The molecule has 6 heteroatoms. The highest BCUT2D eigenvalue weighted by atomic mass is 35.5. The molecule has 0 saturated carbocycles. The monoisotopic (exact) mass is 290 g/mol. The second-order valence-corrected chi connectivity index (χ2v) is 4.77. The zero-order valence-electron chi connectivity index (χ0n) is 10.5. The first-order valence-electron chi connectivity index (χ1n) is 5.63. The van der Waals surface area contributed by atoms with Crippen LogP contribution in [0.5, 0.6) is 5.75 Å². The minimum Gasteiger partial charge on any atom is -0.491 e. The Morgan fingerprint density at radius 3 is 2.33 bits per heavy atom. The molecule has 0 aromatic heterocycles. The maximum atomic E-state index is 11.8. The first-order valence-corrected chi connectivity index (χ1v) is 6.39. The fraction of sp³-hybridized carbons (Fsp3) is 0.417. The van der Waals surface area contributed by atoms with Gasteiger partial charge in [0.25, 0.3) is 5.91 Å². The summed E-state index contributed by atoms with van der Waals surface area (Å²) in [7, 11) is 0. The molecule has 0 unspecified atom stereocenters. The molecule has 0 aliphatic heterocycles. The molecule has 1 rings (SSSR count). The molecular weight excluding hydrogens is 275 g/mol. The highest BCUT2D eigenvalue weighted by molar-refractivity contribution is 6.37. The largest absolute Gasteiger partial charge is 0.491 e. The van der Waals surface area contributed by atoms with Gasteiger partial charge in [-0.05, 0) is 32.9 Å². The number of amides is 1. The van der Waals surface area contributed by atoms with Crippen molar-refractivity contribution in [2.24, 2.45) is 0 Å². The van der Waals surface area contributed by atoms with Crippen LogP contribution in [0.25, 0.3) is 0 Å². The Bertz CT molecular complexity index is 413. The van der Waals surface area contributed by atoms with Gasteiger partial charge in [0, 0.05) is 11.6 Å². The summed E-state index contributed by atoms with van der Waals surface area (Å²) in [5, 5.41) is 0.637. The molecule has 4 nitrogen and oxygen atoms in total. The van der Waals surface area contributed by atoms with E-state index in [1.165, 1.54) is 12.1 Å². The zero-order chi connectivity index (χ0) is 13.7. The van der Waals surface area contributed by atoms with Crippen LogP contribution in [0.2, 0.25) is 10.0 Å². The SMILES string of the molecule is CCOc1c(Cl)cc(C(=O)NNC(C)C)cc1Cl. The molecule has 1 amide bonds. The van der Waals surface area contributed by atoms with E-state index < -0.39 is 0 Å². The Labute approximate surface area is 117 Å². The highest BCUT2D eigenvalue weighted by Gasteiger charge is 2.13. The molecule has 0 bridgehead atoms. The predicted molar refractivity (Wildman–Crippen MR) is 73.4 cm³/mol. The van der Waals surface area contributed by atoms with Gasteiger partial charge in [-0.25, -0.2) is 5.43 Å². The average Bonchev–Trinajstić information content (AvgIpc) is 2.30. The van der Waals surface area contributed by atoms with E-state index in [1.54, 1.807) is 0 Å². The molecule has 18 heavy (non-hydrogen) atoms. The molecule has 0 atom stereocenters. The maximum Gasteiger partial charge on any atom is 0.265 e. The molecule has 0 spiro atoms. The summed E-state index contributed by atoms with van der Waals surface area (Å²) in [6.45, 7) is 6.12. The van der Waals surface area contributed by atoms with E-state index in [0.29, 0.717) is 28.0 Å². The van der Waals surface area contributed by atoms with Crippen LogP contribution in [0, 0.1) is 0 Å². The van der Waals surface area contributed by atoms with E-state index in [2.05, 4.69) is 10.9 Å². The van der Waals surface area contributed by atoms with E-state index in [0.717, 1.165) is 0 Å². The fourth-order valence-electron chi connectivity index (χ4n) is 1.26. The van der Waals surface area contributed by atoms with Crippen LogP contribution < -0.4 is 15.6 Å². The van der Waals surface area contributed by atoms with Crippen molar-refractivity contribution in [3.63, 3.8) is 0 Å².